The zero-order valence-corrected chi connectivity index (χ0v) is 7.84. The minimum Gasteiger partial charge on any atom is -0.394 e. The molecule has 0 fully saturated rings. The monoisotopic (exact) mass is 177 g/mol. The van der Waals surface area contributed by atoms with E-state index in [0.29, 0.717) is 19.8 Å². The van der Waals surface area contributed by atoms with Gasteiger partial charge in [0.15, 0.2) is 0 Å². The van der Waals surface area contributed by atoms with E-state index in [1.165, 1.54) is 0 Å². The van der Waals surface area contributed by atoms with Crippen LogP contribution in [0.3, 0.4) is 0 Å². The smallest absolute Gasteiger partial charge is 0.0698 e. The highest BCUT2D eigenvalue weighted by atomic mass is 16.5. The van der Waals surface area contributed by atoms with Gasteiger partial charge in [-0.15, -0.1) is 0 Å². The van der Waals surface area contributed by atoms with E-state index in [-0.39, 0.29) is 18.8 Å². The van der Waals surface area contributed by atoms with Crippen LogP contribution in [-0.2, 0) is 4.74 Å². The van der Waals surface area contributed by atoms with E-state index >= 15 is 0 Å². The molecule has 0 aromatic heterocycles. The second-order valence-electron chi connectivity index (χ2n) is 3.30. The Morgan fingerprint density at radius 1 is 1.25 bits per heavy atom. The lowest BCUT2D eigenvalue weighted by molar-refractivity contribution is 0.0864. The molecule has 0 unspecified atom stereocenters. The van der Waals surface area contributed by atoms with Crippen molar-refractivity contribution in [3.63, 3.8) is 0 Å². The minimum absolute atomic E-state index is 0.0589. The number of hydrogen-bond donors (Lipinski definition) is 3. The van der Waals surface area contributed by atoms with E-state index in [4.69, 9.17) is 14.9 Å². The van der Waals surface area contributed by atoms with Crippen LogP contribution in [0.1, 0.15) is 13.8 Å². The van der Waals surface area contributed by atoms with Crippen molar-refractivity contribution in [3.8, 4) is 0 Å². The highest BCUT2D eigenvalue weighted by Gasteiger charge is 2.13. The summed E-state index contributed by atoms with van der Waals surface area (Å²) in [5.41, 5.74) is -0.247. The molecule has 0 saturated carbocycles. The Bertz CT molecular complexity index is 106. The third kappa shape index (κ3) is 6.54. The van der Waals surface area contributed by atoms with E-state index in [1.54, 1.807) is 0 Å². The second kappa shape index (κ2) is 6.37. The maximum Gasteiger partial charge on any atom is 0.0698 e. The lowest BCUT2D eigenvalue weighted by Crippen LogP contribution is -2.44. The normalized spacial score (nSPS) is 12.0. The van der Waals surface area contributed by atoms with Gasteiger partial charge in [-0.1, -0.05) is 0 Å². The van der Waals surface area contributed by atoms with Crippen LogP contribution in [0.5, 0.6) is 0 Å². The fourth-order valence-electron chi connectivity index (χ4n) is 0.684. The zero-order chi connectivity index (χ0) is 9.45. The third-order valence-corrected chi connectivity index (χ3v) is 1.48. The third-order valence-electron chi connectivity index (χ3n) is 1.48. The topological polar surface area (TPSA) is 61.7 Å². The summed E-state index contributed by atoms with van der Waals surface area (Å²) in [7, 11) is 0. The first kappa shape index (κ1) is 11.8. The first-order chi connectivity index (χ1) is 5.62. The molecule has 0 amide bonds. The summed E-state index contributed by atoms with van der Waals surface area (Å²) in [5.74, 6) is 0. The molecule has 0 aliphatic heterocycles. The van der Waals surface area contributed by atoms with Crippen molar-refractivity contribution in [2.24, 2.45) is 0 Å². The maximum absolute atomic E-state index is 8.85. The van der Waals surface area contributed by atoms with Gasteiger partial charge < -0.3 is 20.3 Å². The van der Waals surface area contributed by atoms with E-state index in [0.717, 1.165) is 0 Å². The van der Waals surface area contributed by atoms with Crippen molar-refractivity contribution in [1.29, 1.82) is 0 Å². The quantitative estimate of drug-likeness (QED) is 0.452. The van der Waals surface area contributed by atoms with Gasteiger partial charge in [-0.2, -0.15) is 0 Å². The number of aliphatic hydroxyl groups excluding tert-OH is 2. The number of ether oxygens (including phenoxy) is 1. The minimum atomic E-state index is -0.247. The van der Waals surface area contributed by atoms with E-state index in [2.05, 4.69) is 5.32 Å². The van der Waals surface area contributed by atoms with Crippen molar-refractivity contribution in [2.45, 2.75) is 19.4 Å². The van der Waals surface area contributed by atoms with Crippen LogP contribution >= 0.6 is 0 Å². The Morgan fingerprint density at radius 2 is 1.92 bits per heavy atom. The average molecular weight is 177 g/mol. The van der Waals surface area contributed by atoms with Crippen LogP contribution in [0.25, 0.3) is 0 Å². The molecule has 4 nitrogen and oxygen atoms in total. The van der Waals surface area contributed by atoms with Crippen LogP contribution in [0.2, 0.25) is 0 Å². The van der Waals surface area contributed by atoms with E-state index < -0.39 is 0 Å². The van der Waals surface area contributed by atoms with Gasteiger partial charge in [0, 0.05) is 12.1 Å². The fourth-order valence-corrected chi connectivity index (χ4v) is 0.684. The zero-order valence-electron chi connectivity index (χ0n) is 7.84. The Morgan fingerprint density at radius 3 is 2.42 bits per heavy atom. The molecule has 0 aliphatic carbocycles. The Balaban J connectivity index is 3.19. The van der Waals surface area contributed by atoms with Gasteiger partial charge >= 0.3 is 0 Å². The summed E-state index contributed by atoms with van der Waals surface area (Å²) >= 11 is 0. The molecule has 0 radical (unpaired) electrons. The highest BCUT2D eigenvalue weighted by molar-refractivity contribution is 4.75. The molecule has 0 spiro atoms. The summed E-state index contributed by atoms with van der Waals surface area (Å²) in [6.07, 6.45) is 0. The van der Waals surface area contributed by atoms with Crippen molar-refractivity contribution in [2.75, 3.05) is 33.0 Å². The summed E-state index contributed by atoms with van der Waals surface area (Å²) in [6.45, 7) is 5.62. The first-order valence-electron chi connectivity index (χ1n) is 4.17. The van der Waals surface area contributed by atoms with Gasteiger partial charge in [0.1, 0.15) is 0 Å². The highest BCUT2D eigenvalue weighted by Crippen LogP contribution is 1.97. The summed E-state index contributed by atoms with van der Waals surface area (Å²) in [4.78, 5) is 0. The number of nitrogens with one attached hydrogen (secondary N) is 1. The van der Waals surface area contributed by atoms with Crippen molar-refractivity contribution < 1.29 is 14.9 Å². The number of rotatable bonds is 7. The first-order valence-corrected chi connectivity index (χ1v) is 4.17. The van der Waals surface area contributed by atoms with Gasteiger partial charge in [-0.05, 0) is 13.8 Å². The van der Waals surface area contributed by atoms with Gasteiger partial charge in [0.05, 0.1) is 26.4 Å². The van der Waals surface area contributed by atoms with Crippen LogP contribution in [0, 0.1) is 0 Å². The average Bonchev–Trinajstić information content (AvgIpc) is 2.04. The molecule has 0 aromatic carbocycles. The van der Waals surface area contributed by atoms with Crippen molar-refractivity contribution >= 4 is 0 Å². The molecular weight excluding hydrogens is 158 g/mol. The standard InChI is InChI=1S/C8H19NO3/c1-8(2,7-11)9-3-5-12-6-4-10/h9-11H,3-7H2,1-2H3. The van der Waals surface area contributed by atoms with Crippen LogP contribution in [0.4, 0.5) is 0 Å². The van der Waals surface area contributed by atoms with Crippen molar-refractivity contribution in [1.82, 2.24) is 5.32 Å². The van der Waals surface area contributed by atoms with Crippen molar-refractivity contribution in [3.05, 3.63) is 0 Å². The van der Waals surface area contributed by atoms with Crippen LogP contribution < -0.4 is 5.32 Å². The Labute approximate surface area is 73.5 Å². The summed E-state index contributed by atoms with van der Waals surface area (Å²) in [6, 6.07) is 0. The maximum atomic E-state index is 8.85. The molecular formula is C8H19NO3. The molecule has 4 heteroatoms. The van der Waals surface area contributed by atoms with Crippen LogP contribution in [-0.4, -0.2) is 48.7 Å². The Hall–Kier alpha value is -0.160. The summed E-state index contributed by atoms with van der Waals surface area (Å²) < 4.78 is 5.03. The lowest BCUT2D eigenvalue weighted by atomic mass is 10.1. The molecule has 0 atom stereocenters. The molecule has 3 N–H and O–H groups in total. The van der Waals surface area contributed by atoms with Gasteiger partial charge in [-0.3, -0.25) is 0 Å². The predicted molar refractivity (Wildman–Crippen MR) is 47.1 cm³/mol. The Kier molecular flexibility index (Phi) is 6.28. The number of hydrogen-bond acceptors (Lipinski definition) is 4. The molecule has 12 heavy (non-hydrogen) atoms. The van der Waals surface area contributed by atoms with E-state index in [1.807, 2.05) is 13.8 Å². The molecule has 0 saturated heterocycles. The van der Waals surface area contributed by atoms with Gasteiger partial charge in [0.25, 0.3) is 0 Å². The van der Waals surface area contributed by atoms with Gasteiger partial charge in [-0.25, -0.2) is 0 Å². The molecule has 0 aromatic rings. The molecule has 0 rings (SSSR count). The molecule has 74 valence electrons. The predicted octanol–water partition coefficient (Wildman–Crippen LogP) is -0.644. The van der Waals surface area contributed by atoms with Crippen LogP contribution in [0.15, 0.2) is 0 Å². The van der Waals surface area contributed by atoms with Gasteiger partial charge in [0.2, 0.25) is 0 Å². The molecule has 0 heterocycles. The number of aliphatic hydroxyl groups is 2. The summed E-state index contributed by atoms with van der Waals surface area (Å²) in [5, 5.41) is 20.4. The molecule has 0 aliphatic rings. The second-order valence-corrected chi connectivity index (χ2v) is 3.30. The fraction of sp³-hybridized carbons (Fsp3) is 1.00. The van der Waals surface area contributed by atoms with E-state index in [9.17, 15) is 0 Å². The SMILES string of the molecule is CC(C)(CO)NCCOCCO. The largest absolute Gasteiger partial charge is 0.394 e. The lowest BCUT2D eigenvalue weighted by Gasteiger charge is -2.23. The molecule has 0 bridgehead atoms.